The summed E-state index contributed by atoms with van der Waals surface area (Å²) in [5.41, 5.74) is 0. The Bertz CT molecular complexity index is 337. The summed E-state index contributed by atoms with van der Waals surface area (Å²) in [6, 6.07) is 0. The van der Waals surface area contributed by atoms with E-state index in [0.29, 0.717) is 0 Å². The van der Waals surface area contributed by atoms with Gasteiger partial charge in [-0.15, -0.1) is 0 Å². The van der Waals surface area contributed by atoms with Gasteiger partial charge in [0.05, 0.1) is 0 Å². The van der Waals surface area contributed by atoms with E-state index in [2.05, 4.69) is 13.8 Å². The van der Waals surface area contributed by atoms with Crippen molar-refractivity contribution in [2.45, 2.75) is 142 Å². The van der Waals surface area contributed by atoms with Crippen LogP contribution in [0.4, 0.5) is 0 Å². The van der Waals surface area contributed by atoms with Crippen LogP contribution in [0, 0.1) is 35.5 Å². The van der Waals surface area contributed by atoms with Crippen LogP contribution < -0.4 is 0 Å². The van der Waals surface area contributed by atoms with Crippen molar-refractivity contribution in [3.63, 3.8) is 0 Å². The number of hydrogen-bond acceptors (Lipinski definition) is 0. The van der Waals surface area contributed by atoms with Crippen LogP contribution in [0.5, 0.6) is 0 Å². The van der Waals surface area contributed by atoms with Crippen LogP contribution in [0.2, 0.25) is 0 Å². The van der Waals surface area contributed by atoms with Crippen LogP contribution in [-0.4, -0.2) is 0 Å². The van der Waals surface area contributed by atoms with Crippen molar-refractivity contribution >= 4 is 0 Å². The Kier molecular flexibility index (Phi) is 10.2. The van der Waals surface area contributed by atoms with E-state index in [1.165, 1.54) is 51.4 Å². The molecule has 0 heteroatoms. The van der Waals surface area contributed by atoms with Crippen LogP contribution in [0.1, 0.15) is 142 Å². The van der Waals surface area contributed by atoms with Crippen molar-refractivity contribution in [3.8, 4) is 0 Å². The molecule has 0 unspecified atom stereocenters. The third-order valence-electron chi connectivity index (χ3n) is 9.36. The van der Waals surface area contributed by atoms with Gasteiger partial charge in [-0.3, -0.25) is 0 Å². The van der Waals surface area contributed by atoms with Crippen LogP contribution in [0.3, 0.4) is 0 Å². The maximum Gasteiger partial charge on any atom is -0.0386 e. The summed E-state index contributed by atoms with van der Waals surface area (Å²) >= 11 is 0. The van der Waals surface area contributed by atoms with Crippen molar-refractivity contribution in [1.29, 1.82) is 0 Å². The zero-order chi connectivity index (χ0) is 19.6. The molecule has 3 saturated carbocycles. The monoisotopic (exact) mass is 388 g/mol. The third kappa shape index (κ3) is 7.05. The molecule has 0 radical (unpaired) electrons. The number of hydrogen-bond donors (Lipinski definition) is 0. The first kappa shape index (κ1) is 22.7. The van der Waals surface area contributed by atoms with Gasteiger partial charge in [0.2, 0.25) is 0 Å². The maximum absolute atomic E-state index is 2.34. The van der Waals surface area contributed by atoms with Crippen molar-refractivity contribution in [2.24, 2.45) is 35.5 Å². The molecule has 0 amide bonds. The topological polar surface area (TPSA) is 0 Å². The SMILES string of the molecule is CCCCCC1CCC(C2CCC(C3CCC(CCCCC)CC3)CC2)CC1. The fourth-order valence-electron chi connectivity index (χ4n) is 7.35. The standard InChI is InChI=1S/C28H52/c1-3-5-7-9-23-11-15-25(16-12-23)27-19-21-28(22-20-27)26-17-13-24(14-18-26)10-8-6-4-2/h23-28H,3-22H2,1-2H3. The van der Waals surface area contributed by atoms with E-state index in [0.717, 1.165) is 35.5 Å². The van der Waals surface area contributed by atoms with Crippen LogP contribution in [0.15, 0.2) is 0 Å². The smallest absolute Gasteiger partial charge is 0.0386 e. The molecule has 164 valence electrons. The highest BCUT2D eigenvalue weighted by atomic mass is 14.4. The molecule has 0 aromatic carbocycles. The first-order valence-corrected chi connectivity index (χ1v) is 13.8. The van der Waals surface area contributed by atoms with E-state index in [1.54, 1.807) is 77.0 Å². The molecule has 3 aliphatic rings. The van der Waals surface area contributed by atoms with Crippen molar-refractivity contribution in [3.05, 3.63) is 0 Å². The summed E-state index contributed by atoms with van der Waals surface area (Å²) in [6.07, 6.45) is 30.7. The molecule has 0 nitrogen and oxygen atoms in total. The molecule has 0 saturated heterocycles. The molecule has 3 fully saturated rings. The van der Waals surface area contributed by atoms with Crippen molar-refractivity contribution < 1.29 is 0 Å². The van der Waals surface area contributed by atoms with Crippen molar-refractivity contribution in [2.75, 3.05) is 0 Å². The lowest BCUT2D eigenvalue weighted by Gasteiger charge is -2.41. The zero-order valence-corrected chi connectivity index (χ0v) is 19.6. The Morgan fingerprint density at radius 1 is 0.393 bits per heavy atom. The Hall–Kier alpha value is 0. The number of rotatable bonds is 10. The minimum absolute atomic E-state index is 1.09. The molecule has 3 aliphatic carbocycles. The van der Waals surface area contributed by atoms with Crippen molar-refractivity contribution in [1.82, 2.24) is 0 Å². The second kappa shape index (κ2) is 12.6. The molecular weight excluding hydrogens is 336 g/mol. The fourth-order valence-corrected chi connectivity index (χ4v) is 7.35. The fraction of sp³-hybridized carbons (Fsp3) is 1.00. The molecule has 0 heterocycles. The van der Waals surface area contributed by atoms with Crippen LogP contribution in [0.25, 0.3) is 0 Å². The second-order valence-electron chi connectivity index (χ2n) is 11.2. The van der Waals surface area contributed by atoms with E-state index in [-0.39, 0.29) is 0 Å². The van der Waals surface area contributed by atoms with E-state index in [9.17, 15) is 0 Å². The van der Waals surface area contributed by atoms with E-state index in [1.807, 2.05) is 0 Å². The normalized spacial score (nSPS) is 37.1. The van der Waals surface area contributed by atoms with Gasteiger partial charge < -0.3 is 0 Å². The predicted molar refractivity (Wildman–Crippen MR) is 125 cm³/mol. The maximum atomic E-state index is 2.34. The average Bonchev–Trinajstić information content (AvgIpc) is 2.75. The summed E-state index contributed by atoms with van der Waals surface area (Å²) in [5, 5.41) is 0. The Morgan fingerprint density at radius 3 is 0.964 bits per heavy atom. The molecule has 28 heavy (non-hydrogen) atoms. The minimum atomic E-state index is 1.09. The third-order valence-corrected chi connectivity index (χ3v) is 9.36. The van der Waals surface area contributed by atoms with Gasteiger partial charge in [-0.2, -0.15) is 0 Å². The van der Waals surface area contributed by atoms with Crippen LogP contribution in [-0.2, 0) is 0 Å². The summed E-state index contributed by atoms with van der Waals surface area (Å²) in [5.74, 6) is 6.62. The highest BCUT2D eigenvalue weighted by molar-refractivity contribution is 4.85. The summed E-state index contributed by atoms with van der Waals surface area (Å²) in [7, 11) is 0. The average molecular weight is 389 g/mol. The summed E-state index contributed by atoms with van der Waals surface area (Å²) < 4.78 is 0. The van der Waals surface area contributed by atoms with Gasteiger partial charge in [0.15, 0.2) is 0 Å². The van der Waals surface area contributed by atoms with Gasteiger partial charge >= 0.3 is 0 Å². The molecule has 0 aromatic rings. The molecule has 0 spiro atoms. The van der Waals surface area contributed by atoms with Crippen LogP contribution >= 0.6 is 0 Å². The zero-order valence-electron chi connectivity index (χ0n) is 19.6. The largest absolute Gasteiger partial charge is 0.0654 e. The first-order valence-electron chi connectivity index (χ1n) is 13.8. The van der Waals surface area contributed by atoms with Gasteiger partial charge in [-0.25, -0.2) is 0 Å². The lowest BCUT2D eigenvalue weighted by atomic mass is 9.64. The van der Waals surface area contributed by atoms with E-state index < -0.39 is 0 Å². The van der Waals surface area contributed by atoms with Gasteiger partial charge in [-0.1, -0.05) is 90.9 Å². The summed E-state index contributed by atoms with van der Waals surface area (Å²) in [6.45, 7) is 4.68. The second-order valence-corrected chi connectivity index (χ2v) is 11.2. The van der Waals surface area contributed by atoms with Gasteiger partial charge in [0.25, 0.3) is 0 Å². The van der Waals surface area contributed by atoms with Gasteiger partial charge in [-0.05, 0) is 86.9 Å². The lowest BCUT2D eigenvalue weighted by Crippen LogP contribution is -2.29. The molecule has 0 aliphatic heterocycles. The van der Waals surface area contributed by atoms with E-state index >= 15 is 0 Å². The van der Waals surface area contributed by atoms with E-state index in [4.69, 9.17) is 0 Å². The molecule has 3 rings (SSSR count). The predicted octanol–water partition coefficient (Wildman–Crippen LogP) is 9.57. The van der Waals surface area contributed by atoms with Gasteiger partial charge in [0.1, 0.15) is 0 Å². The van der Waals surface area contributed by atoms with Gasteiger partial charge in [0, 0.05) is 0 Å². The molecule has 0 bridgehead atoms. The molecule has 0 N–H and O–H groups in total. The Labute approximate surface area is 178 Å². The highest BCUT2D eigenvalue weighted by Gasteiger charge is 2.34. The number of unbranched alkanes of at least 4 members (excludes halogenated alkanes) is 4. The minimum Gasteiger partial charge on any atom is -0.0654 e. The highest BCUT2D eigenvalue weighted by Crippen LogP contribution is 2.46. The summed E-state index contributed by atoms with van der Waals surface area (Å²) in [4.78, 5) is 0. The Balaban J connectivity index is 1.29. The quantitative estimate of drug-likeness (QED) is 0.327. The molecule has 0 atom stereocenters. The molecular formula is C28H52. The first-order chi connectivity index (χ1) is 13.8. The lowest BCUT2D eigenvalue weighted by molar-refractivity contribution is 0.102. The molecule has 0 aromatic heterocycles. The Morgan fingerprint density at radius 2 is 0.679 bits per heavy atom.